The summed E-state index contributed by atoms with van der Waals surface area (Å²) in [6, 6.07) is 0.896. The van der Waals surface area contributed by atoms with Gasteiger partial charge in [-0.15, -0.1) is 0 Å². The van der Waals surface area contributed by atoms with Crippen molar-refractivity contribution in [3.63, 3.8) is 0 Å². The molecule has 2 saturated heterocycles. The van der Waals surface area contributed by atoms with Crippen molar-refractivity contribution in [2.24, 2.45) is 4.99 Å². The molecule has 3 rings (SSSR count). The van der Waals surface area contributed by atoms with Gasteiger partial charge in [0.05, 0.1) is 12.6 Å². The Morgan fingerprint density at radius 3 is 2.67 bits per heavy atom. The zero-order valence-corrected chi connectivity index (χ0v) is 17.5. The number of piperidine rings is 1. The van der Waals surface area contributed by atoms with Crippen LogP contribution in [0.1, 0.15) is 53.4 Å². The monoisotopic (exact) mass is 379 g/mol. The number of rotatable bonds is 4. The number of likely N-dealkylation sites (tertiary alicyclic amines) is 1. The molecule has 7 heteroatoms. The number of carbonyl (C=O) groups is 1. The van der Waals surface area contributed by atoms with Crippen LogP contribution in [0, 0.1) is 0 Å². The predicted octanol–water partition coefficient (Wildman–Crippen LogP) is 2.13. The molecule has 154 valence electrons. The molecule has 0 bridgehead atoms. The van der Waals surface area contributed by atoms with Gasteiger partial charge in [0.1, 0.15) is 5.60 Å². The van der Waals surface area contributed by atoms with Crippen molar-refractivity contribution in [1.29, 1.82) is 0 Å². The lowest BCUT2D eigenvalue weighted by molar-refractivity contribution is 0.0137. The van der Waals surface area contributed by atoms with Crippen LogP contribution >= 0.6 is 0 Å². The van der Waals surface area contributed by atoms with Crippen molar-refractivity contribution in [1.82, 2.24) is 20.0 Å². The topological polar surface area (TPSA) is 60.4 Å². The first-order valence-corrected chi connectivity index (χ1v) is 10.6. The van der Waals surface area contributed by atoms with Crippen molar-refractivity contribution < 1.29 is 9.53 Å². The first-order chi connectivity index (χ1) is 12.8. The lowest BCUT2D eigenvalue weighted by Crippen LogP contribution is -2.57. The van der Waals surface area contributed by atoms with E-state index in [0.29, 0.717) is 19.1 Å². The molecule has 3 aliphatic heterocycles. The van der Waals surface area contributed by atoms with Crippen LogP contribution in [0.3, 0.4) is 0 Å². The van der Waals surface area contributed by atoms with Crippen LogP contribution in [0.5, 0.6) is 0 Å². The van der Waals surface area contributed by atoms with E-state index >= 15 is 0 Å². The molecule has 3 heterocycles. The van der Waals surface area contributed by atoms with Gasteiger partial charge in [0.15, 0.2) is 5.96 Å². The minimum Gasteiger partial charge on any atom is -0.444 e. The molecule has 0 radical (unpaired) electrons. The summed E-state index contributed by atoms with van der Waals surface area (Å²) in [6.45, 7) is 14.5. The highest BCUT2D eigenvalue weighted by atomic mass is 16.6. The molecule has 3 aliphatic rings. The highest BCUT2D eigenvalue weighted by molar-refractivity contribution is 5.82. The SMILES string of the molecule is CC(CCNC1=NCC2CN(C(=O)OC(C)(C)C)CCN12)N1CCCCC1. The zero-order valence-electron chi connectivity index (χ0n) is 17.5. The number of piperazine rings is 1. The number of fused-ring (bicyclic) bond motifs is 1. The second-order valence-electron chi connectivity index (χ2n) is 9.10. The fourth-order valence-electron chi connectivity index (χ4n) is 4.16. The fraction of sp³-hybridized carbons (Fsp3) is 0.900. The Labute approximate surface area is 164 Å². The largest absolute Gasteiger partial charge is 0.444 e. The Morgan fingerprint density at radius 2 is 1.96 bits per heavy atom. The van der Waals surface area contributed by atoms with Crippen molar-refractivity contribution in [3.05, 3.63) is 0 Å². The van der Waals surface area contributed by atoms with Gasteiger partial charge >= 0.3 is 6.09 Å². The quantitative estimate of drug-likeness (QED) is 0.811. The predicted molar refractivity (Wildman–Crippen MR) is 108 cm³/mol. The van der Waals surface area contributed by atoms with Crippen LogP contribution < -0.4 is 5.32 Å². The summed E-state index contributed by atoms with van der Waals surface area (Å²) in [6.07, 6.45) is 5.00. The number of guanidine groups is 1. The number of amides is 1. The van der Waals surface area contributed by atoms with Crippen molar-refractivity contribution in [2.75, 3.05) is 45.8 Å². The molecule has 0 aromatic heterocycles. The van der Waals surface area contributed by atoms with Gasteiger partial charge in [-0.2, -0.15) is 0 Å². The third-order valence-electron chi connectivity index (χ3n) is 5.72. The van der Waals surface area contributed by atoms with Crippen LogP contribution in [0.2, 0.25) is 0 Å². The van der Waals surface area contributed by atoms with Gasteiger partial charge < -0.3 is 24.8 Å². The molecule has 0 aromatic rings. The third-order valence-corrected chi connectivity index (χ3v) is 5.72. The van der Waals surface area contributed by atoms with Crippen LogP contribution in [-0.2, 0) is 4.74 Å². The third kappa shape index (κ3) is 5.50. The normalized spacial score (nSPS) is 25.0. The van der Waals surface area contributed by atoms with Crippen LogP contribution in [0.25, 0.3) is 0 Å². The van der Waals surface area contributed by atoms with E-state index in [1.165, 1.54) is 32.4 Å². The lowest BCUT2D eigenvalue weighted by atomic mass is 10.1. The summed E-state index contributed by atoms with van der Waals surface area (Å²) in [5.74, 6) is 1.01. The summed E-state index contributed by atoms with van der Waals surface area (Å²) in [5.41, 5.74) is -0.446. The smallest absolute Gasteiger partial charge is 0.410 e. The van der Waals surface area contributed by atoms with Gasteiger partial charge in [-0.1, -0.05) is 6.42 Å². The number of aliphatic imine (C=N–C) groups is 1. The van der Waals surface area contributed by atoms with Gasteiger partial charge in [0.2, 0.25) is 0 Å². The minimum absolute atomic E-state index is 0.209. The molecule has 0 saturated carbocycles. The van der Waals surface area contributed by atoms with E-state index in [-0.39, 0.29) is 12.1 Å². The van der Waals surface area contributed by atoms with Crippen molar-refractivity contribution >= 4 is 12.1 Å². The number of hydrogen-bond acceptors (Lipinski definition) is 6. The first-order valence-electron chi connectivity index (χ1n) is 10.6. The molecule has 0 aromatic carbocycles. The molecule has 2 fully saturated rings. The molecule has 2 atom stereocenters. The van der Waals surface area contributed by atoms with E-state index in [1.54, 1.807) is 0 Å². The summed E-state index contributed by atoms with van der Waals surface area (Å²) in [7, 11) is 0. The second kappa shape index (κ2) is 8.67. The van der Waals surface area contributed by atoms with Gasteiger partial charge in [0, 0.05) is 32.2 Å². The van der Waals surface area contributed by atoms with Crippen molar-refractivity contribution in [3.8, 4) is 0 Å². The summed E-state index contributed by atoms with van der Waals surface area (Å²) < 4.78 is 5.51. The van der Waals surface area contributed by atoms with E-state index < -0.39 is 5.60 Å². The maximum atomic E-state index is 12.3. The zero-order chi connectivity index (χ0) is 19.4. The summed E-state index contributed by atoms with van der Waals surface area (Å²) in [4.78, 5) is 23.8. The average molecular weight is 380 g/mol. The Kier molecular flexibility index (Phi) is 6.50. The highest BCUT2D eigenvalue weighted by Gasteiger charge is 2.36. The molecule has 1 amide bonds. The Bertz CT molecular complexity index is 539. The molecule has 0 aliphatic carbocycles. The Balaban J connectivity index is 1.40. The number of nitrogens with zero attached hydrogens (tertiary/aromatic N) is 4. The van der Waals surface area contributed by atoms with Gasteiger partial charge in [-0.05, 0) is 60.0 Å². The number of nitrogens with one attached hydrogen (secondary N) is 1. The summed E-state index contributed by atoms with van der Waals surface area (Å²) >= 11 is 0. The molecular formula is C20H37N5O2. The molecule has 27 heavy (non-hydrogen) atoms. The average Bonchev–Trinajstić information content (AvgIpc) is 3.03. The van der Waals surface area contributed by atoms with E-state index in [0.717, 1.165) is 32.0 Å². The van der Waals surface area contributed by atoms with Gasteiger partial charge in [0.25, 0.3) is 0 Å². The van der Waals surface area contributed by atoms with Gasteiger partial charge in [-0.25, -0.2) is 4.79 Å². The maximum absolute atomic E-state index is 12.3. The van der Waals surface area contributed by atoms with Gasteiger partial charge in [-0.3, -0.25) is 4.99 Å². The second-order valence-corrected chi connectivity index (χ2v) is 9.10. The molecule has 2 unspecified atom stereocenters. The Hall–Kier alpha value is -1.50. The summed E-state index contributed by atoms with van der Waals surface area (Å²) in [5, 5.41) is 3.55. The fourth-order valence-corrected chi connectivity index (χ4v) is 4.16. The highest BCUT2D eigenvalue weighted by Crippen LogP contribution is 2.19. The first kappa shape index (κ1) is 20.2. The number of hydrogen-bond donors (Lipinski definition) is 1. The molecular weight excluding hydrogens is 342 g/mol. The molecule has 1 N–H and O–H groups in total. The van der Waals surface area contributed by atoms with Crippen LogP contribution in [0.4, 0.5) is 4.79 Å². The standard InChI is InChI=1S/C20H37N5O2/c1-16(23-10-6-5-7-11-23)8-9-21-18-22-14-17-15-24(12-13-25(17)18)19(26)27-20(2,3)4/h16-17H,5-15H2,1-4H3,(H,21,22). The maximum Gasteiger partial charge on any atom is 0.410 e. The number of carbonyl (C=O) groups excluding carboxylic acids is 1. The lowest BCUT2D eigenvalue weighted by Gasteiger charge is -2.39. The molecule has 0 spiro atoms. The van der Waals surface area contributed by atoms with Crippen LogP contribution in [-0.4, -0.2) is 90.3 Å². The number of ether oxygens (including phenoxy) is 1. The minimum atomic E-state index is -0.446. The van der Waals surface area contributed by atoms with E-state index in [9.17, 15) is 4.79 Å². The van der Waals surface area contributed by atoms with E-state index in [4.69, 9.17) is 9.73 Å². The van der Waals surface area contributed by atoms with Crippen LogP contribution in [0.15, 0.2) is 4.99 Å². The van der Waals surface area contributed by atoms with Crippen molar-refractivity contribution in [2.45, 2.75) is 71.1 Å². The molecule has 7 nitrogen and oxygen atoms in total. The Morgan fingerprint density at radius 1 is 1.22 bits per heavy atom. The van der Waals surface area contributed by atoms with E-state index in [2.05, 4.69) is 22.0 Å². The van der Waals surface area contributed by atoms with E-state index in [1.807, 2.05) is 25.7 Å².